The van der Waals surface area contributed by atoms with Crippen LogP contribution in [0, 0.1) is 0 Å². The number of rotatable bonds is 1. The first kappa shape index (κ1) is 14.8. The lowest BCUT2D eigenvalue weighted by Gasteiger charge is -2.35. The first-order valence-corrected chi connectivity index (χ1v) is 6.81. The molecule has 0 spiro atoms. The fourth-order valence-electron chi connectivity index (χ4n) is 1.87. The van der Waals surface area contributed by atoms with Gasteiger partial charge in [-0.3, -0.25) is 0 Å². The summed E-state index contributed by atoms with van der Waals surface area (Å²) in [6.45, 7) is 8.05. The van der Waals surface area contributed by atoms with Crippen LogP contribution >= 0.6 is 11.6 Å². The van der Waals surface area contributed by atoms with Crippen LogP contribution in [0.3, 0.4) is 0 Å². The molecule has 0 radical (unpaired) electrons. The maximum Gasteiger partial charge on any atom is 0.410 e. The molecule has 0 saturated carbocycles. The van der Waals surface area contributed by atoms with Crippen LogP contribution in [0.4, 0.5) is 10.6 Å². The summed E-state index contributed by atoms with van der Waals surface area (Å²) in [6.07, 6.45) is 1.28. The van der Waals surface area contributed by atoms with Crippen molar-refractivity contribution < 1.29 is 9.53 Å². The summed E-state index contributed by atoms with van der Waals surface area (Å²) in [4.78, 5) is 19.8. The Morgan fingerprint density at radius 3 is 2.50 bits per heavy atom. The number of carbonyl (C=O) groups is 1. The van der Waals surface area contributed by atoms with Gasteiger partial charge in [0, 0.05) is 26.2 Å². The third kappa shape index (κ3) is 3.93. The minimum absolute atomic E-state index is 0.122. The summed E-state index contributed by atoms with van der Waals surface area (Å²) >= 11 is 5.72. The van der Waals surface area contributed by atoms with Gasteiger partial charge in [0.2, 0.25) is 5.28 Å². The molecule has 110 valence electrons. The van der Waals surface area contributed by atoms with Gasteiger partial charge in [0.15, 0.2) is 5.82 Å². The summed E-state index contributed by atoms with van der Waals surface area (Å²) in [7, 11) is 0. The average molecular weight is 300 g/mol. The molecule has 2 rings (SSSR count). The van der Waals surface area contributed by atoms with Crippen molar-refractivity contribution >= 4 is 23.5 Å². The van der Waals surface area contributed by atoms with E-state index in [4.69, 9.17) is 16.3 Å². The van der Waals surface area contributed by atoms with Gasteiger partial charge in [-0.25, -0.2) is 4.79 Å². The van der Waals surface area contributed by atoms with Crippen molar-refractivity contribution in [3.63, 3.8) is 0 Å². The summed E-state index contributed by atoms with van der Waals surface area (Å²) in [5.74, 6) is 0.675. The Morgan fingerprint density at radius 2 is 1.95 bits per heavy atom. The largest absolute Gasteiger partial charge is 0.444 e. The summed E-state index contributed by atoms with van der Waals surface area (Å²) < 4.78 is 5.35. The van der Waals surface area contributed by atoms with Gasteiger partial charge >= 0.3 is 6.09 Å². The van der Waals surface area contributed by atoms with Crippen LogP contribution in [0.15, 0.2) is 6.20 Å². The third-order valence-corrected chi connectivity index (χ3v) is 2.94. The number of halogens is 1. The zero-order valence-corrected chi connectivity index (χ0v) is 12.6. The van der Waals surface area contributed by atoms with Gasteiger partial charge in [-0.1, -0.05) is 0 Å². The lowest BCUT2D eigenvalue weighted by Crippen LogP contribution is -2.50. The molecule has 1 aliphatic heterocycles. The first-order chi connectivity index (χ1) is 9.35. The number of piperazine rings is 1. The number of hydrogen-bond acceptors (Lipinski definition) is 6. The molecule has 20 heavy (non-hydrogen) atoms. The molecule has 0 aliphatic carbocycles. The molecule has 8 heteroatoms. The van der Waals surface area contributed by atoms with Gasteiger partial charge in [-0.2, -0.15) is 10.1 Å². The highest BCUT2D eigenvalue weighted by molar-refractivity contribution is 6.28. The second kappa shape index (κ2) is 5.78. The molecule has 0 atom stereocenters. The third-order valence-electron chi connectivity index (χ3n) is 2.78. The van der Waals surface area contributed by atoms with Crippen molar-refractivity contribution in [2.45, 2.75) is 26.4 Å². The number of hydrogen-bond donors (Lipinski definition) is 0. The Morgan fingerprint density at radius 1 is 1.30 bits per heavy atom. The van der Waals surface area contributed by atoms with Gasteiger partial charge in [0.25, 0.3) is 0 Å². The van der Waals surface area contributed by atoms with E-state index in [0.29, 0.717) is 32.0 Å². The number of anilines is 1. The Kier molecular flexibility index (Phi) is 4.27. The molecule has 1 fully saturated rings. The number of aromatic nitrogens is 3. The molecule has 0 unspecified atom stereocenters. The van der Waals surface area contributed by atoms with Gasteiger partial charge in [0.05, 0.1) is 6.20 Å². The Hall–Kier alpha value is -1.63. The molecule has 2 heterocycles. The van der Waals surface area contributed by atoms with Crippen molar-refractivity contribution in [3.8, 4) is 0 Å². The zero-order valence-electron chi connectivity index (χ0n) is 11.8. The normalized spacial score (nSPS) is 16.2. The van der Waals surface area contributed by atoms with E-state index in [0.717, 1.165) is 0 Å². The smallest absolute Gasteiger partial charge is 0.410 e. The van der Waals surface area contributed by atoms with Gasteiger partial charge in [-0.15, -0.1) is 5.10 Å². The predicted octanol–water partition coefficient (Wildman–Crippen LogP) is 1.58. The van der Waals surface area contributed by atoms with Crippen LogP contribution in [-0.2, 0) is 4.74 Å². The quantitative estimate of drug-likeness (QED) is 0.784. The van der Waals surface area contributed by atoms with E-state index in [2.05, 4.69) is 15.2 Å². The number of carbonyl (C=O) groups excluding carboxylic acids is 1. The van der Waals surface area contributed by atoms with Crippen molar-refractivity contribution in [1.82, 2.24) is 20.1 Å². The molecule has 1 aliphatic rings. The van der Waals surface area contributed by atoms with Crippen molar-refractivity contribution in [2.24, 2.45) is 0 Å². The van der Waals surface area contributed by atoms with Crippen molar-refractivity contribution in [2.75, 3.05) is 31.1 Å². The molecular weight excluding hydrogens is 282 g/mol. The highest BCUT2D eigenvalue weighted by Gasteiger charge is 2.26. The summed E-state index contributed by atoms with van der Waals surface area (Å²) in [6, 6.07) is 0. The van der Waals surface area contributed by atoms with E-state index in [1.54, 1.807) is 11.1 Å². The lowest BCUT2D eigenvalue weighted by atomic mass is 10.2. The van der Waals surface area contributed by atoms with Crippen LogP contribution in [0.2, 0.25) is 5.28 Å². The van der Waals surface area contributed by atoms with Crippen LogP contribution in [0.25, 0.3) is 0 Å². The van der Waals surface area contributed by atoms with Crippen LogP contribution in [-0.4, -0.2) is 58.0 Å². The number of ether oxygens (including phenoxy) is 1. The molecule has 0 N–H and O–H groups in total. The van der Waals surface area contributed by atoms with E-state index in [1.165, 1.54) is 0 Å². The van der Waals surface area contributed by atoms with Gasteiger partial charge in [0.1, 0.15) is 5.60 Å². The average Bonchev–Trinajstić information content (AvgIpc) is 2.37. The topological polar surface area (TPSA) is 71.5 Å². The zero-order chi connectivity index (χ0) is 14.8. The van der Waals surface area contributed by atoms with Gasteiger partial charge in [-0.05, 0) is 32.4 Å². The van der Waals surface area contributed by atoms with E-state index in [1.807, 2.05) is 25.7 Å². The highest BCUT2D eigenvalue weighted by Crippen LogP contribution is 2.16. The first-order valence-electron chi connectivity index (χ1n) is 6.43. The molecule has 1 amide bonds. The second-order valence-corrected chi connectivity index (χ2v) is 5.88. The Balaban J connectivity index is 1.91. The van der Waals surface area contributed by atoms with Crippen LogP contribution < -0.4 is 4.90 Å². The van der Waals surface area contributed by atoms with E-state index >= 15 is 0 Å². The number of amides is 1. The summed E-state index contributed by atoms with van der Waals surface area (Å²) in [5.41, 5.74) is -0.474. The fraction of sp³-hybridized carbons (Fsp3) is 0.667. The van der Waals surface area contributed by atoms with Crippen LogP contribution in [0.5, 0.6) is 0 Å². The van der Waals surface area contributed by atoms with Gasteiger partial charge < -0.3 is 14.5 Å². The minimum atomic E-state index is -0.474. The molecular formula is C12H18ClN5O2. The summed E-state index contributed by atoms with van der Waals surface area (Å²) in [5, 5.41) is 7.50. The standard InChI is InChI=1S/C12H18ClN5O2/c1-12(2,3)20-11(19)18-6-4-17(5-7-18)9-8-14-16-10(13)15-9/h8H,4-7H2,1-3H3. The lowest BCUT2D eigenvalue weighted by molar-refractivity contribution is 0.0240. The maximum absolute atomic E-state index is 11.9. The Bertz CT molecular complexity index is 483. The monoisotopic (exact) mass is 299 g/mol. The molecule has 1 aromatic heterocycles. The highest BCUT2D eigenvalue weighted by atomic mass is 35.5. The van der Waals surface area contributed by atoms with E-state index in [-0.39, 0.29) is 11.4 Å². The molecule has 1 saturated heterocycles. The molecule has 0 aromatic carbocycles. The van der Waals surface area contributed by atoms with E-state index in [9.17, 15) is 4.79 Å². The molecule has 7 nitrogen and oxygen atoms in total. The molecule has 0 bridgehead atoms. The minimum Gasteiger partial charge on any atom is -0.444 e. The number of nitrogens with zero attached hydrogens (tertiary/aromatic N) is 5. The fourth-order valence-corrected chi connectivity index (χ4v) is 2.00. The molecule has 1 aromatic rings. The Labute approximate surface area is 122 Å². The van der Waals surface area contributed by atoms with Crippen LogP contribution in [0.1, 0.15) is 20.8 Å². The van der Waals surface area contributed by atoms with Crippen molar-refractivity contribution in [1.29, 1.82) is 0 Å². The van der Waals surface area contributed by atoms with Crippen molar-refractivity contribution in [3.05, 3.63) is 11.5 Å². The SMILES string of the molecule is CC(C)(C)OC(=O)N1CCN(c2cnnc(Cl)n2)CC1. The maximum atomic E-state index is 11.9. The van der Waals surface area contributed by atoms with E-state index < -0.39 is 5.60 Å². The predicted molar refractivity (Wildman–Crippen MR) is 74.9 cm³/mol. The second-order valence-electron chi connectivity index (χ2n) is 5.54.